The second-order valence-electron chi connectivity index (χ2n) is 4.58. The monoisotopic (exact) mass is 257 g/mol. The van der Waals surface area contributed by atoms with Crippen molar-refractivity contribution in [1.29, 1.82) is 0 Å². The third-order valence-electron chi connectivity index (χ3n) is 2.67. The zero-order valence-corrected chi connectivity index (χ0v) is 11.8. The molecule has 98 valence electrons. The van der Waals surface area contributed by atoms with Crippen LogP contribution in [0.15, 0.2) is 24.3 Å². The molecule has 0 amide bonds. The second kappa shape index (κ2) is 8.37. The Morgan fingerprint density at radius 2 is 1.71 bits per heavy atom. The Hall–Kier alpha value is -0.730. The van der Waals surface area contributed by atoms with Gasteiger partial charge in [-0.25, -0.2) is 0 Å². The summed E-state index contributed by atoms with van der Waals surface area (Å²) in [4.78, 5) is 0. The zero-order chi connectivity index (χ0) is 12.0. The van der Waals surface area contributed by atoms with Crippen LogP contribution >= 0.6 is 12.4 Å². The van der Waals surface area contributed by atoms with Crippen molar-refractivity contribution in [2.75, 3.05) is 6.61 Å². The Balaban J connectivity index is 0.00000256. The summed E-state index contributed by atoms with van der Waals surface area (Å²) in [5.74, 6) is 1.64. The predicted molar refractivity (Wildman–Crippen MR) is 75.9 cm³/mol. The number of nitrogens with two attached hydrogens (primary N) is 1. The first kappa shape index (κ1) is 16.3. The van der Waals surface area contributed by atoms with E-state index in [0.29, 0.717) is 12.5 Å². The van der Waals surface area contributed by atoms with E-state index in [2.05, 4.69) is 26.0 Å². The molecule has 1 rings (SSSR count). The molecule has 0 aliphatic carbocycles. The van der Waals surface area contributed by atoms with Crippen LogP contribution in [-0.4, -0.2) is 6.61 Å². The molecule has 1 atom stereocenters. The smallest absolute Gasteiger partial charge is 0.119 e. The molecule has 0 spiro atoms. The van der Waals surface area contributed by atoms with E-state index in [0.717, 1.165) is 12.2 Å². The number of rotatable bonds is 6. The molecular formula is C14H24ClNO. The van der Waals surface area contributed by atoms with Crippen molar-refractivity contribution in [3.8, 4) is 5.75 Å². The molecule has 0 unspecified atom stereocenters. The number of benzene rings is 1. The van der Waals surface area contributed by atoms with Crippen LogP contribution in [0.2, 0.25) is 0 Å². The van der Waals surface area contributed by atoms with Crippen LogP contribution in [0.3, 0.4) is 0 Å². The molecule has 0 bridgehead atoms. The van der Waals surface area contributed by atoms with E-state index in [-0.39, 0.29) is 18.4 Å². The van der Waals surface area contributed by atoms with Crippen LogP contribution in [-0.2, 0) is 0 Å². The minimum Gasteiger partial charge on any atom is -0.494 e. The molecule has 17 heavy (non-hydrogen) atoms. The topological polar surface area (TPSA) is 35.2 Å². The minimum absolute atomic E-state index is 0. The van der Waals surface area contributed by atoms with E-state index in [9.17, 15) is 0 Å². The fourth-order valence-electron chi connectivity index (χ4n) is 1.66. The SMILES string of the molecule is CCOc1ccc([C@H](N)CCC(C)C)cc1.Cl. The maximum absolute atomic E-state index is 6.13. The van der Waals surface area contributed by atoms with Crippen molar-refractivity contribution >= 4 is 12.4 Å². The fraction of sp³-hybridized carbons (Fsp3) is 0.571. The average molecular weight is 258 g/mol. The molecule has 0 aliphatic heterocycles. The number of hydrogen-bond donors (Lipinski definition) is 1. The highest BCUT2D eigenvalue weighted by Crippen LogP contribution is 2.21. The summed E-state index contributed by atoms with van der Waals surface area (Å²) >= 11 is 0. The van der Waals surface area contributed by atoms with Gasteiger partial charge in [0.1, 0.15) is 5.75 Å². The highest BCUT2D eigenvalue weighted by atomic mass is 35.5. The summed E-state index contributed by atoms with van der Waals surface area (Å²) < 4.78 is 5.40. The Kier molecular flexibility index (Phi) is 8.01. The van der Waals surface area contributed by atoms with Crippen molar-refractivity contribution in [2.45, 2.75) is 39.7 Å². The summed E-state index contributed by atoms with van der Waals surface area (Å²) in [6, 6.07) is 8.27. The summed E-state index contributed by atoms with van der Waals surface area (Å²) in [6.07, 6.45) is 2.22. The van der Waals surface area contributed by atoms with Crippen molar-refractivity contribution in [2.24, 2.45) is 11.7 Å². The lowest BCUT2D eigenvalue weighted by Gasteiger charge is -2.14. The first-order valence-electron chi connectivity index (χ1n) is 6.11. The lowest BCUT2D eigenvalue weighted by Crippen LogP contribution is -2.11. The van der Waals surface area contributed by atoms with Gasteiger partial charge in [0.05, 0.1) is 6.61 Å². The number of hydrogen-bond acceptors (Lipinski definition) is 2. The Bertz CT molecular complexity index is 298. The first-order chi connectivity index (χ1) is 7.63. The molecule has 0 radical (unpaired) electrons. The van der Waals surface area contributed by atoms with Crippen molar-refractivity contribution in [3.63, 3.8) is 0 Å². The highest BCUT2D eigenvalue weighted by Gasteiger charge is 2.06. The van der Waals surface area contributed by atoms with E-state index in [1.165, 1.54) is 12.0 Å². The fourth-order valence-corrected chi connectivity index (χ4v) is 1.66. The van der Waals surface area contributed by atoms with Crippen LogP contribution < -0.4 is 10.5 Å². The van der Waals surface area contributed by atoms with Gasteiger partial charge in [-0.1, -0.05) is 26.0 Å². The highest BCUT2D eigenvalue weighted by molar-refractivity contribution is 5.85. The molecule has 3 heteroatoms. The lowest BCUT2D eigenvalue weighted by atomic mass is 9.98. The molecule has 2 nitrogen and oxygen atoms in total. The van der Waals surface area contributed by atoms with Crippen molar-refractivity contribution < 1.29 is 4.74 Å². The van der Waals surface area contributed by atoms with Crippen molar-refractivity contribution in [1.82, 2.24) is 0 Å². The van der Waals surface area contributed by atoms with Crippen LogP contribution in [0.25, 0.3) is 0 Å². The summed E-state index contributed by atoms with van der Waals surface area (Å²) in [6.45, 7) is 7.15. The second-order valence-corrected chi connectivity index (χ2v) is 4.58. The van der Waals surface area contributed by atoms with Crippen LogP contribution in [0, 0.1) is 5.92 Å². The largest absolute Gasteiger partial charge is 0.494 e. The van der Waals surface area contributed by atoms with Gasteiger partial charge in [0.2, 0.25) is 0 Å². The normalized spacial score (nSPS) is 12.1. The van der Waals surface area contributed by atoms with Gasteiger partial charge in [0, 0.05) is 6.04 Å². The van der Waals surface area contributed by atoms with Gasteiger partial charge in [-0.15, -0.1) is 12.4 Å². The zero-order valence-electron chi connectivity index (χ0n) is 11.0. The van der Waals surface area contributed by atoms with E-state index in [1.807, 2.05) is 19.1 Å². The Labute approximate surface area is 111 Å². The van der Waals surface area contributed by atoms with Crippen LogP contribution in [0.1, 0.15) is 45.2 Å². The van der Waals surface area contributed by atoms with Gasteiger partial charge in [0.15, 0.2) is 0 Å². The average Bonchev–Trinajstić information content (AvgIpc) is 2.27. The molecule has 0 aromatic heterocycles. The maximum atomic E-state index is 6.13. The van der Waals surface area contributed by atoms with Crippen LogP contribution in [0.4, 0.5) is 0 Å². The molecule has 0 saturated carbocycles. The van der Waals surface area contributed by atoms with Gasteiger partial charge >= 0.3 is 0 Å². The molecule has 0 heterocycles. The van der Waals surface area contributed by atoms with Gasteiger partial charge in [-0.05, 0) is 43.4 Å². The quantitative estimate of drug-likeness (QED) is 0.838. The minimum atomic E-state index is 0. The van der Waals surface area contributed by atoms with E-state index >= 15 is 0 Å². The van der Waals surface area contributed by atoms with E-state index in [1.54, 1.807) is 0 Å². The van der Waals surface area contributed by atoms with Gasteiger partial charge < -0.3 is 10.5 Å². The molecule has 0 aliphatic rings. The summed E-state index contributed by atoms with van der Waals surface area (Å²) in [5, 5.41) is 0. The standard InChI is InChI=1S/C14H23NO.ClH/c1-4-16-13-8-6-12(7-9-13)14(15)10-5-11(2)3;/h6-9,11,14H,4-5,10,15H2,1-3H3;1H/t14-;/m1./s1. The summed E-state index contributed by atoms with van der Waals surface area (Å²) in [5.41, 5.74) is 7.32. The molecular weight excluding hydrogens is 234 g/mol. The molecule has 0 fully saturated rings. The molecule has 1 aromatic carbocycles. The predicted octanol–water partition coefficient (Wildman–Crippen LogP) is 3.94. The Morgan fingerprint density at radius 1 is 1.12 bits per heavy atom. The first-order valence-corrected chi connectivity index (χ1v) is 6.11. The molecule has 2 N–H and O–H groups in total. The third-order valence-corrected chi connectivity index (χ3v) is 2.67. The van der Waals surface area contributed by atoms with Gasteiger partial charge in [-0.2, -0.15) is 0 Å². The third kappa shape index (κ3) is 5.94. The number of halogens is 1. The van der Waals surface area contributed by atoms with Gasteiger partial charge in [-0.3, -0.25) is 0 Å². The number of ether oxygens (including phenoxy) is 1. The van der Waals surface area contributed by atoms with Gasteiger partial charge in [0.25, 0.3) is 0 Å². The summed E-state index contributed by atoms with van der Waals surface area (Å²) in [7, 11) is 0. The van der Waals surface area contributed by atoms with Crippen molar-refractivity contribution in [3.05, 3.63) is 29.8 Å². The molecule has 1 aromatic rings. The van der Waals surface area contributed by atoms with E-state index in [4.69, 9.17) is 10.5 Å². The maximum Gasteiger partial charge on any atom is 0.119 e. The molecule has 0 saturated heterocycles. The van der Waals surface area contributed by atoms with Crippen LogP contribution in [0.5, 0.6) is 5.75 Å². The van der Waals surface area contributed by atoms with E-state index < -0.39 is 0 Å². The Morgan fingerprint density at radius 3 is 2.18 bits per heavy atom. The lowest BCUT2D eigenvalue weighted by molar-refractivity contribution is 0.340.